The number of rotatable bonds is 5. The van der Waals surface area contributed by atoms with Gasteiger partial charge in [0.15, 0.2) is 0 Å². The number of aliphatic hydroxyl groups is 2. The van der Waals surface area contributed by atoms with Gasteiger partial charge in [-0.1, -0.05) is 11.8 Å². The molecule has 1 fully saturated rings. The molecule has 1 heterocycles. The molecule has 3 atom stereocenters. The van der Waals surface area contributed by atoms with E-state index in [1.165, 1.54) is 0 Å². The van der Waals surface area contributed by atoms with Crippen LogP contribution in [0.5, 0.6) is 0 Å². The zero-order chi connectivity index (χ0) is 9.14. The number of ether oxygens (including phenoxy) is 1. The van der Waals surface area contributed by atoms with Gasteiger partial charge in [0.25, 0.3) is 0 Å². The number of nitroso groups, excluding NO2 is 1. The molecule has 0 bridgehead atoms. The van der Waals surface area contributed by atoms with Gasteiger partial charge in [-0.15, -0.1) is 0 Å². The third-order valence-corrected chi connectivity index (χ3v) is 1.70. The molecule has 1 aliphatic heterocycles. The molecule has 0 amide bonds. The topological polar surface area (TPSA) is 82.4 Å². The Balaban J connectivity index is 2.23. The molecule has 12 heavy (non-hydrogen) atoms. The van der Waals surface area contributed by atoms with E-state index in [0.717, 1.165) is 0 Å². The lowest BCUT2D eigenvalue weighted by Crippen LogP contribution is -2.18. The van der Waals surface area contributed by atoms with Gasteiger partial charge in [0.2, 0.25) is 0 Å². The van der Waals surface area contributed by atoms with Crippen LogP contribution in [-0.2, 0) is 4.74 Å². The Morgan fingerprint density at radius 1 is 1.75 bits per heavy atom. The van der Waals surface area contributed by atoms with E-state index in [2.05, 4.69) is 11.8 Å². The summed E-state index contributed by atoms with van der Waals surface area (Å²) in [5, 5.41) is 20.6. The highest BCUT2D eigenvalue weighted by Gasteiger charge is 2.44. The maximum Gasteiger partial charge on any atom is 0.112 e. The van der Waals surface area contributed by atoms with Crippen molar-refractivity contribution in [3.63, 3.8) is 0 Å². The molecule has 5 heteroatoms. The van der Waals surface area contributed by atoms with Crippen LogP contribution in [-0.4, -0.2) is 35.1 Å². The fourth-order valence-electron chi connectivity index (χ4n) is 1.07. The molecule has 0 saturated carbocycles. The van der Waals surface area contributed by atoms with E-state index >= 15 is 0 Å². The largest absolute Gasteiger partial charge is 0.513 e. The molecule has 1 aliphatic rings. The van der Waals surface area contributed by atoms with E-state index in [9.17, 15) is 10.0 Å². The second-order valence-electron chi connectivity index (χ2n) is 2.79. The van der Waals surface area contributed by atoms with Crippen LogP contribution in [0.4, 0.5) is 0 Å². The number of hydrogen-bond acceptors (Lipinski definition) is 5. The summed E-state index contributed by atoms with van der Waals surface area (Å²) in [5.41, 5.74) is 0. The Hall–Kier alpha value is -0.940. The summed E-state index contributed by atoms with van der Waals surface area (Å²) in [7, 11) is 0. The van der Waals surface area contributed by atoms with Crippen LogP contribution in [0.3, 0.4) is 0 Å². The lowest BCUT2D eigenvalue weighted by atomic mass is 10.1. The average Bonchev–Trinajstić information content (AvgIpc) is 2.66. The summed E-state index contributed by atoms with van der Waals surface area (Å²) in [6, 6.07) is 0. The summed E-state index contributed by atoms with van der Waals surface area (Å²) >= 11 is 0. The van der Waals surface area contributed by atoms with Crippen LogP contribution < -0.4 is 0 Å². The fraction of sp³-hybridized carbons (Fsp3) is 0.714. The zero-order valence-electron chi connectivity index (χ0n) is 6.51. The van der Waals surface area contributed by atoms with Crippen molar-refractivity contribution in [2.75, 3.05) is 6.54 Å². The highest BCUT2D eigenvalue weighted by atomic mass is 16.6. The SMILES string of the molecule is C=C(O)C[C@@H](O)[C@@H]1O[C@@H]1CN=O. The summed E-state index contributed by atoms with van der Waals surface area (Å²) in [5.74, 6) is -0.0872. The minimum absolute atomic E-state index is 0.0552. The van der Waals surface area contributed by atoms with Gasteiger partial charge < -0.3 is 14.9 Å². The number of hydrogen-bond donors (Lipinski definition) is 2. The van der Waals surface area contributed by atoms with Crippen molar-refractivity contribution in [2.45, 2.75) is 24.7 Å². The Morgan fingerprint density at radius 3 is 2.92 bits per heavy atom. The Labute approximate surface area is 69.6 Å². The predicted octanol–water partition coefficient (Wildman–Crippen LogP) is 0.343. The molecule has 0 aromatic rings. The van der Waals surface area contributed by atoms with Gasteiger partial charge in [-0.3, -0.25) is 0 Å². The molecule has 0 spiro atoms. The summed E-state index contributed by atoms with van der Waals surface area (Å²) in [4.78, 5) is 9.77. The second kappa shape index (κ2) is 3.64. The highest BCUT2D eigenvalue weighted by Crippen LogP contribution is 2.27. The molecule has 2 N–H and O–H groups in total. The quantitative estimate of drug-likeness (QED) is 0.357. The third-order valence-electron chi connectivity index (χ3n) is 1.70. The molecule has 68 valence electrons. The first kappa shape index (κ1) is 9.15. The molecule has 1 rings (SSSR count). The zero-order valence-corrected chi connectivity index (χ0v) is 6.51. The molecule has 0 unspecified atom stereocenters. The van der Waals surface area contributed by atoms with Crippen LogP contribution in [0.2, 0.25) is 0 Å². The Kier molecular flexibility index (Phi) is 2.78. The normalized spacial score (nSPS) is 29.4. The van der Waals surface area contributed by atoms with Crippen molar-refractivity contribution in [3.05, 3.63) is 17.2 Å². The van der Waals surface area contributed by atoms with Crippen LogP contribution in [0.15, 0.2) is 17.5 Å². The van der Waals surface area contributed by atoms with Gasteiger partial charge >= 0.3 is 0 Å². The molecule has 0 aliphatic carbocycles. The molecule has 0 aromatic heterocycles. The first-order chi connectivity index (χ1) is 5.65. The molecule has 0 aromatic carbocycles. The predicted molar refractivity (Wildman–Crippen MR) is 41.7 cm³/mol. The van der Waals surface area contributed by atoms with Gasteiger partial charge in [0.1, 0.15) is 18.8 Å². The van der Waals surface area contributed by atoms with Crippen molar-refractivity contribution in [1.82, 2.24) is 0 Å². The lowest BCUT2D eigenvalue weighted by Gasteiger charge is -2.04. The standard InChI is InChI=1S/C7H11NO4/c1-4(9)2-5(10)7-6(12-7)3-8-11/h5-7,9-10H,1-3H2/t5-,6-,7+/m1/s1. The first-order valence-electron chi connectivity index (χ1n) is 3.64. The minimum atomic E-state index is -0.783. The van der Waals surface area contributed by atoms with E-state index in [4.69, 9.17) is 9.84 Å². The van der Waals surface area contributed by atoms with Gasteiger partial charge in [-0.2, -0.15) is 4.91 Å². The van der Waals surface area contributed by atoms with Crippen LogP contribution >= 0.6 is 0 Å². The highest BCUT2D eigenvalue weighted by molar-refractivity contribution is 4.96. The van der Waals surface area contributed by atoms with E-state index < -0.39 is 6.10 Å². The van der Waals surface area contributed by atoms with E-state index in [-0.39, 0.29) is 30.9 Å². The van der Waals surface area contributed by atoms with Crippen molar-refractivity contribution >= 4 is 0 Å². The lowest BCUT2D eigenvalue weighted by molar-refractivity contribution is 0.123. The summed E-state index contributed by atoms with van der Waals surface area (Å²) in [6.45, 7) is 3.29. The maximum absolute atomic E-state index is 9.77. The Morgan fingerprint density at radius 2 is 2.42 bits per heavy atom. The van der Waals surface area contributed by atoms with Gasteiger partial charge in [-0.25, -0.2) is 0 Å². The third kappa shape index (κ3) is 2.28. The van der Waals surface area contributed by atoms with Crippen molar-refractivity contribution in [3.8, 4) is 0 Å². The molecular weight excluding hydrogens is 162 g/mol. The average molecular weight is 173 g/mol. The van der Waals surface area contributed by atoms with Crippen molar-refractivity contribution < 1.29 is 14.9 Å². The van der Waals surface area contributed by atoms with E-state index in [1.807, 2.05) is 0 Å². The van der Waals surface area contributed by atoms with Gasteiger partial charge in [-0.05, 0) is 0 Å². The fourth-order valence-corrected chi connectivity index (χ4v) is 1.07. The summed E-state index contributed by atoms with van der Waals surface area (Å²) < 4.78 is 4.92. The van der Waals surface area contributed by atoms with Crippen LogP contribution in [0.1, 0.15) is 6.42 Å². The number of epoxide rings is 1. The molecule has 0 radical (unpaired) electrons. The first-order valence-corrected chi connectivity index (χ1v) is 3.64. The van der Waals surface area contributed by atoms with Crippen LogP contribution in [0, 0.1) is 4.91 Å². The van der Waals surface area contributed by atoms with Crippen molar-refractivity contribution in [1.29, 1.82) is 0 Å². The van der Waals surface area contributed by atoms with Gasteiger partial charge in [0.05, 0.1) is 11.9 Å². The van der Waals surface area contributed by atoms with Crippen molar-refractivity contribution in [2.24, 2.45) is 5.18 Å². The number of aliphatic hydroxyl groups excluding tert-OH is 2. The molecule has 1 saturated heterocycles. The maximum atomic E-state index is 9.77. The number of nitrogens with zero attached hydrogens (tertiary/aromatic N) is 1. The monoisotopic (exact) mass is 173 g/mol. The van der Waals surface area contributed by atoms with E-state index in [0.29, 0.717) is 0 Å². The minimum Gasteiger partial charge on any atom is -0.513 e. The smallest absolute Gasteiger partial charge is 0.112 e. The molecular formula is C7H11NO4. The Bertz CT molecular complexity index is 194. The van der Waals surface area contributed by atoms with E-state index in [1.54, 1.807) is 0 Å². The van der Waals surface area contributed by atoms with Crippen LogP contribution in [0.25, 0.3) is 0 Å². The van der Waals surface area contributed by atoms with Gasteiger partial charge in [0, 0.05) is 6.42 Å². The summed E-state index contributed by atoms with van der Waals surface area (Å²) in [6.07, 6.45) is -1.35. The molecule has 5 nitrogen and oxygen atoms in total. The second-order valence-corrected chi connectivity index (χ2v) is 2.79.